The molecule has 10 heteroatoms. The molecule has 0 aliphatic rings. The van der Waals surface area contributed by atoms with Crippen molar-refractivity contribution < 1.29 is 19.1 Å². The monoisotopic (exact) mass is 354 g/mol. The Labute approximate surface area is 139 Å². The van der Waals surface area contributed by atoms with E-state index in [4.69, 9.17) is 20.9 Å². The van der Waals surface area contributed by atoms with Gasteiger partial charge in [-0.1, -0.05) is 21.6 Å². The minimum Gasteiger partial charge on any atom is -0.365 e. The van der Waals surface area contributed by atoms with Crippen molar-refractivity contribution in [1.29, 1.82) is 0 Å². The van der Waals surface area contributed by atoms with Crippen LogP contribution in [0.2, 0.25) is 0 Å². The fourth-order valence-electron chi connectivity index (χ4n) is 1.28. The van der Waals surface area contributed by atoms with Crippen LogP contribution >= 0.6 is 21.6 Å². The van der Waals surface area contributed by atoms with Gasteiger partial charge in [0.15, 0.2) is 0 Å². The van der Waals surface area contributed by atoms with Crippen molar-refractivity contribution >= 4 is 33.4 Å². The third-order valence-corrected chi connectivity index (χ3v) is 5.05. The molecule has 2 amide bonds. The zero-order chi connectivity index (χ0) is 16.8. The summed E-state index contributed by atoms with van der Waals surface area (Å²) in [7, 11) is 2.87. The molecule has 0 aliphatic carbocycles. The first kappa shape index (κ1) is 21.5. The van der Waals surface area contributed by atoms with Crippen molar-refractivity contribution in [2.75, 3.05) is 39.4 Å². The second-order valence-electron chi connectivity index (χ2n) is 3.98. The van der Waals surface area contributed by atoms with Crippen LogP contribution in [0.25, 0.3) is 0 Å². The molecule has 0 aromatic heterocycles. The highest BCUT2D eigenvalue weighted by molar-refractivity contribution is 8.77. The Morgan fingerprint density at radius 2 is 1.27 bits per heavy atom. The van der Waals surface area contributed by atoms with Crippen molar-refractivity contribution in [3.63, 3.8) is 0 Å². The zero-order valence-corrected chi connectivity index (χ0v) is 14.6. The molecule has 0 saturated heterocycles. The molecule has 0 saturated carbocycles. The molecular weight excluding hydrogens is 328 g/mol. The summed E-state index contributed by atoms with van der Waals surface area (Å²) in [5.41, 5.74) is 10.0. The summed E-state index contributed by atoms with van der Waals surface area (Å²) in [5.74, 6) is -0.459. The van der Waals surface area contributed by atoms with E-state index in [0.717, 1.165) is 0 Å². The van der Waals surface area contributed by atoms with Crippen LogP contribution in [0.3, 0.4) is 0 Å². The Morgan fingerprint density at radius 1 is 0.909 bits per heavy atom. The fourth-order valence-corrected chi connectivity index (χ4v) is 3.69. The number of ether oxygens (including phenoxy) is 2. The summed E-state index contributed by atoms with van der Waals surface area (Å²) in [6, 6.07) is 0. The summed E-state index contributed by atoms with van der Waals surface area (Å²) in [5, 5.41) is 5.36. The first-order valence-corrected chi connectivity index (χ1v) is 9.33. The van der Waals surface area contributed by atoms with Gasteiger partial charge in [0, 0.05) is 13.2 Å². The molecule has 22 heavy (non-hydrogen) atoms. The quantitative estimate of drug-likeness (QED) is 0.251. The van der Waals surface area contributed by atoms with Gasteiger partial charge in [-0.15, -0.1) is 0 Å². The number of nitrogens with two attached hydrogens (primary N) is 2. The molecule has 2 unspecified atom stereocenters. The minimum absolute atomic E-state index is 0.0522. The van der Waals surface area contributed by atoms with Crippen LogP contribution in [0.4, 0.5) is 0 Å². The predicted octanol–water partition coefficient (Wildman–Crippen LogP) is -0.757. The van der Waals surface area contributed by atoms with Crippen LogP contribution in [0.1, 0.15) is 13.8 Å². The van der Waals surface area contributed by atoms with Crippen molar-refractivity contribution in [3.8, 4) is 0 Å². The molecule has 0 aliphatic heterocycles. The maximum atomic E-state index is 11.2. The first-order valence-electron chi connectivity index (χ1n) is 7.06. The van der Waals surface area contributed by atoms with Gasteiger partial charge in [-0.25, -0.2) is 0 Å². The number of carbonyl (C=O) groups excluding carboxylic acids is 2. The van der Waals surface area contributed by atoms with E-state index in [9.17, 15) is 9.59 Å². The molecule has 0 radical (unpaired) electrons. The van der Waals surface area contributed by atoms with Crippen LogP contribution < -0.4 is 22.1 Å². The van der Waals surface area contributed by atoms with Crippen molar-refractivity contribution in [2.45, 2.75) is 24.7 Å². The normalized spacial score (nSPS) is 13.5. The lowest BCUT2D eigenvalue weighted by Gasteiger charge is -2.21. The van der Waals surface area contributed by atoms with E-state index in [1.165, 1.54) is 21.6 Å². The van der Waals surface area contributed by atoms with Crippen molar-refractivity contribution in [3.05, 3.63) is 0 Å². The lowest BCUT2D eigenvalue weighted by molar-refractivity contribution is -0.120. The Balaban J connectivity index is 4.23. The first-order chi connectivity index (χ1) is 10.6. The average molecular weight is 354 g/mol. The highest BCUT2D eigenvalue weighted by Gasteiger charge is 2.17. The topological polar surface area (TPSA) is 129 Å². The third kappa shape index (κ3) is 11.1. The fraction of sp³-hybridized carbons (Fsp3) is 0.833. The number of nitrogens with one attached hydrogen (secondary N) is 2. The summed E-state index contributed by atoms with van der Waals surface area (Å²) >= 11 is 0. The molecule has 6 N–H and O–H groups in total. The van der Waals surface area contributed by atoms with E-state index in [2.05, 4.69) is 10.6 Å². The molecule has 2 atom stereocenters. The van der Waals surface area contributed by atoms with Crippen molar-refractivity contribution in [2.24, 2.45) is 11.5 Å². The largest absolute Gasteiger partial charge is 0.365 e. The van der Waals surface area contributed by atoms with Gasteiger partial charge < -0.3 is 31.6 Å². The molecular formula is C12H26N4O4S2. The van der Waals surface area contributed by atoms with E-state index in [-0.39, 0.29) is 35.8 Å². The zero-order valence-electron chi connectivity index (χ0n) is 13.0. The molecule has 0 rings (SSSR count). The van der Waals surface area contributed by atoms with Crippen LogP contribution in [0.5, 0.6) is 0 Å². The van der Waals surface area contributed by atoms with E-state index < -0.39 is 0 Å². The van der Waals surface area contributed by atoms with Gasteiger partial charge in [0.1, 0.15) is 10.9 Å². The van der Waals surface area contributed by atoms with E-state index in [1.807, 2.05) is 13.8 Å². The number of amides is 2. The molecule has 0 spiro atoms. The number of hydrogen-bond acceptors (Lipinski definition) is 8. The van der Waals surface area contributed by atoms with Crippen LogP contribution in [0, 0.1) is 0 Å². The summed E-state index contributed by atoms with van der Waals surface area (Å²) in [6.07, 6.45) is 0. The molecule has 8 nitrogen and oxygen atoms in total. The Hall–Kier alpha value is -0.520. The third-order valence-electron chi connectivity index (χ3n) is 2.28. The second-order valence-corrected chi connectivity index (χ2v) is 6.57. The van der Waals surface area contributed by atoms with Gasteiger partial charge in [0.05, 0.1) is 26.2 Å². The van der Waals surface area contributed by atoms with Crippen LogP contribution in [0.15, 0.2) is 0 Å². The maximum Gasteiger partial charge on any atom is 0.233 e. The molecule has 0 fully saturated rings. The molecule has 0 heterocycles. The standard InChI is InChI=1S/C12H26N4O4S2/c1-3-19-11(7-15-9(17)5-13)21-22-12(20-4-2)8-16-10(18)6-14/h11-12H,3-8,13-14H2,1-2H3,(H,15,17)(H,16,18). The Bertz CT molecular complexity index is 294. The Morgan fingerprint density at radius 3 is 1.55 bits per heavy atom. The van der Waals surface area contributed by atoms with Gasteiger partial charge in [-0.05, 0) is 13.8 Å². The van der Waals surface area contributed by atoms with E-state index in [0.29, 0.717) is 26.3 Å². The van der Waals surface area contributed by atoms with E-state index in [1.54, 1.807) is 0 Å². The van der Waals surface area contributed by atoms with Crippen LogP contribution in [-0.2, 0) is 19.1 Å². The molecule has 0 aromatic carbocycles. The maximum absolute atomic E-state index is 11.2. The SMILES string of the molecule is CCOC(CNC(=O)CN)SSC(CNC(=O)CN)OCC. The minimum atomic E-state index is -0.230. The second kappa shape index (κ2) is 14.1. The summed E-state index contributed by atoms with van der Waals surface area (Å²) < 4.78 is 11.1. The smallest absolute Gasteiger partial charge is 0.233 e. The summed E-state index contributed by atoms with van der Waals surface area (Å²) in [4.78, 5) is 22.4. The van der Waals surface area contributed by atoms with Crippen LogP contribution in [-0.4, -0.2) is 62.1 Å². The highest BCUT2D eigenvalue weighted by atomic mass is 33.1. The lowest BCUT2D eigenvalue weighted by Crippen LogP contribution is -2.37. The molecule has 130 valence electrons. The average Bonchev–Trinajstić information content (AvgIpc) is 2.53. The summed E-state index contributed by atoms with van der Waals surface area (Å²) in [6.45, 7) is 5.42. The van der Waals surface area contributed by atoms with Gasteiger partial charge >= 0.3 is 0 Å². The highest BCUT2D eigenvalue weighted by Crippen LogP contribution is 2.32. The van der Waals surface area contributed by atoms with Crippen molar-refractivity contribution in [1.82, 2.24) is 10.6 Å². The molecule has 0 aromatic rings. The molecule has 0 bridgehead atoms. The van der Waals surface area contributed by atoms with Gasteiger partial charge in [0.2, 0.25) is 11.8 Å². The lowest BCUT2D eigenvalue weighted by atomic mass is 10.5. The predicted molar refractivity (Wildman–Crippen MR) is 90.1 cm³/mol. The van der Waals surface area contributed by atoms with Gasteiger partial charge in [-0.3, -0.25) is 9.59 Å². The van der Waals surface area contributed by atoms with Gasteiger partial charge in [0.25, 0.3) is 0 Å². The number of rotatable bonds is 13. The van der Waals surface area contributed by atoms with E-state index >= 15 is 0 Å². The van der Waals surface area contributed by atoms with Gasteiger partial charge in [-0.2, -0.15) is 0 Å². The number of hydrogen-bond donors (Lipinski definition) is 4. The number of carbonyl (C=O) groups is 2. The Kier molecular flexibility index (Phi) is 13.8.